The highest BCUT2D eigenvalue weighted by Crippen LogP contribution is 2.23. The number of nitrogens with one attached hydrogen (secondary N) is 1. The number of carbonyl (C=O) groups is 2. The van der Waals surface area contributed by atoms with Crippen molar-refractivity contribution >= 4 is 29.1 Å². The number of unbranched alkanes of at least 4 members (excludes halogenated alkanes) is 2. The summed E-state index contributed by atoms with van der Waals surface area (Å²) < 4.78 is 5.72. The van der Waals surface area contributed by atoms with E-state index in [1.54, 1.807) is 36.4 Å². The molecule has 0 fully saturated rings. The van der Waals surface area contributed by atoms with E-state index in [0.29, 0.717) is 23.1 Å². The SMILES string of the molecule is CCCCCOc1ccc(C(N)=O)cc1C(=O)Nc1ccc(Cl)cc1. The van der Waals surface area contributed by atoms with Crippen LogP contribution in [0.25, 0.3) is 0 Å². The van der Waals surface area contributed by atoms with Crippen molar-refractivity contribution < 1.29 is 14.3 Å². The summed E-state index contributed by atoms with van der Waals surface area (Å²) in [5.74, 6) is -0.554. The fourth-order valence-electron chi connectivity index (χ4n) is 2.25. The molecule has 2 amide bonds. The number of benzene rings is 2. The summed E-state index contributed by atoms with van der Waals surface area (Å²) in [6.07, 6.45) is 3.02. The van der Waals surface area contributed by atoms with E-state index in [9.17, 15) is 9.59 Å². The first-order valence-electron chi connectivity index (χ1n) is 8.15. The van der Waals surface area contributed by atoms with Crippen LogP contribution in [0.2, 0.25) is 5.02 Å². The van der Waals surface area contributed by atoms with Crippen molar-refractivity contribution in [1.82, 2.24) is 0 Å². The molecule has 132 valence electrons. The van der Waals surface area contributed by atoms with Crippen molar-refractivity contribution in [2.24, 2.45) is 5.73 Å². The van der Waals surface area contributed by atoms with E-state index in [2.05, 4.69) is 12.2 Å². The highest BCUT2D eigenvalue weighted by Gasteiger charge is 2.16. The topological polar surface area (TPSA) is 81.4 Å². The van der Waals surface area contributed by atoms with Gasteiger partial charge in [-0.25, -0.2) is 0 Å². The molecule has 0 aliphatic rings. The number of nitrogens with two attached hydrogens (primary N) is 1. The van der Waals surface area contributed by atoms with Gasteiger partial charge in [-0.15, -0.1) is 0 Å². The van der Waals surface area contributed by atoms with Crippen molar-refractivity contribution in [3.8, 4) is 5.75 Å². The molecule has 0 heterocycles. The van der Waals surface area contributed by atoms with Crippen LogP contribution < -0.4 is 15.8 Å². The third-order valence-corrected chi connectivity index (χ3v) is 3.87. The maximum absolute atomic E-state index is 12.6. The highest BCUT2D eigenvalue weighted by molar-refractivity contribution is 6.30. The number of carbonyl (C=O) groups excluding carboxylic acids is 2. The normalized spacial score (nSPS) is 10.3. The summed E-state index contributed by atoms with van der Waals surface area (Å²) in [5.41, 5.74) is 6.43. The Labute approximate surface area is 152 Å². The first-order chi connectivity index (χ1) is 12.0. The van der Waals surface area contributed by atoms with E-state index in [-0.39, 0.29) is 17.0 Å². The Hall–Kier alpha value is -2.53. The summed E-state index contributed by atoms with van der Waals surface area (Å²) in [6.45, 7) is 2.61. The molecule has 2 rings (SSSR count). The number of amides is 2. The van der Waals surface area contributed by atoms with Gasteiger partial charge in [0.1, 0.15) is 5.75 Å². The molecule has 25 heavy (non-hydrogen) atoms. The predicted octanol–water partition coefficient (Wildman–Crippen LogP) is 4.26. The molecule has 0 atom stereocenters. The lowest BCUT2D eigenvalue weighted by atomic mass is 10.1. The van der Waals surface area contributed by atoms with Crippen LogP contribution in [0.3, 0.4) is 0 Å². The number of ether oxygens (including phenoxy) is 1. The van der Waals surface area contributed by atoms with E-state index in [4.69, 9.17) is 22.1 Å². The summed E-state index contributed by atoms with van der Waals surface area (Å²) in [4.78, 5) is 24.0. The number of halogens is 1. The van der Waals surface area contributed by atoms with Crippen LogP contribution in [0.1, 0.15) is 46.9 Å². The van der Waals surface area contributed by atoms with Gasteiger partial charge in [-0.2, -0.15) is 0 Å². The fourth-order valence-corrected chi connectivity index (χ4v) is 2.38. The Balaban J connectivity index is 2.21. The first-order valence-corrected chi connectivity index (χ1v) is 8.52. The summed E-state index contributed by atoms with van der Waals surface area (Å²) in [6, 6.07) is 11.3. The van der Waals surface area contributed by atoms with E-state index in [0.717, 1.165) is 19.3 Å². The summed E-state index contributed by atoms with van der Waals surface area (Å²) in [5, 5.41) is 3.34. The zero-order chi connectivity index (χ0) is 18.2. The fraction of sp³-hybridized carbons (Fsp3) is 0.263. The van der Waals surface area contributed by atoms with Gasteiger partial charge in [0.2, 0.25) is 5.91 Å². The van der Waals surface area contributed by atoms with Crippen LogP contribution >= 0.6 is 11.6 Å². The minimum Gasteiger partial charge on any atom is -0.493 e. The van der Waals surface area contributed by atoms with Crippen molar-refractivity contribution in [2.75, 3.05) is 11.9 Å². The first kappa shape index (κ1) is 18.8. The highest BCUT2D eigenvalue weighted by atomic mass is 35.5. The summed E-state index contributed by atoms with van der Waals surface area (Å²) >= 11 is 5.84. The summed E-state index contributed by atoms with van der Waals surface area (Å²) in [7, 11) is 0. The van der Waals surface area contributed by atoms with Crippen molar-refractivity contribution in [3.63, 3.8) is 0 Å². The number of rotatable bonds is 8. The van der Waals surface area contributed by atoms with Gasteiger partial charge in [0.15, 0.2) is 0 Å². The molecule has 0 bridgehead atoms. The van der Waals surface area contributed by atoms with Gasteiger partial charge in [0, 0.05) is 16.3 Å². The molecule has 0 unspecified atom stereocenters. The van der Waals surface area contributed by atoms with Crippen molar-refractivity contribution in [2.45, 2.75) is 26.2 Å². The number of anilines is 1. The molecule has 2 aromatic carbocycles. The molecule has 0 aromatic heterocycles. The van der Waals surface area contributed by atoms with E-state index >= 15 is 0 Å². The maximum atomic E-state index is 12.6. The van der Waals surface area contributed by atoms with Gasteiger partial charge in [-0.05, 0) is 48.9 Å². The van der Waals surface area contributed by atoms with Gasteiger partial charge >= 0.3 is 0 Å². The monoisotopic (exact) mass is 360 g/mol. The third-order valence-electron chi connectivity index (χ3n) is 3.62. The lowest BCUT2D eigenvalue weighted by Crippen LogP contribution is -2.17. The Morgan fingerprint density at radius 1 is 1.12 bits per heavy atom. The van der Waals surface area contributed by atoms with Crippen LogP contribution in [0.4, 0.5) is 5.69 Å². The van der Waals surface area contributed by atoms with Gasteiger partial charge in [-0.1, -0.05) is 31.4 Å². The molecule has 0 aliphatic heterocycles. The Morgan fingerprint density at radius 2 is 1.84 bits per heavy atom. The number of primary amides is 1. The molecule has 0 radical (unpaired) electrons. The van der Waals surface area contributed by atoms with Gasteiger partial charge in [0.05, 0.1) is 12.2 Å². The second-order valence-electron chi connectivity index (χ2n) is 5.59. The second-order valence-corrected chi connectivity index (χ2v) is 6.03. The Kier molecular flexibility index (Phi) is 6.83. The minimum absolute atomic E-state index is 0.252. The van der Waals surface area contributed by atoms with E-state index in [1.165, 1.54) is 6.07 Å². The quantitative estimate of drug-likeness (QED) is 0.690. The van der Waals surface area contributed by atoms with Crippen LogP contribution in [-0.4, -0.2) is 18.4 Å². The molecular formula is C19H21ClN2O3. The molecule has 0 spiro atoms. The standard InChI is InChI=1S/C19H21ClN2O3/c1-2-3-4-11-25-17-10-5-13(18(21)23)12-16(17)19(24)22-15-8-6-14(20)7-9-15/h5-10,12H,2-4,11H2,1H3,(H2,21,23)(H,22,24). The van der Waals surface area contributed by atoms with Crippen LogP contribution in [0.15, 0.2) is 42.5 Å². The average molecular weight is 361 g/mol. The molecule has 0 saturated carbocycles. The van der Waals surface area contributed by atoms with Crippen LogP contribution in [-0.2, 0) is 0 Å². The maximum Gasteiger partial charge on any atom is 0.259 e. The van der Waals surface area contributed by atoms with Crippen LogP contribution in [0, 0.1) is 0 Å². The Bertz CT molecular complexity index is 745. The van der Waals surface area contributed by atoms with Gasteiger partial charge < -0.3 is 15.8 Å². The van der Waals surface area contributed by atoms with Gasteiger partial charge in [-0.3, -0.25) is 9.59 Å². The van der Waals surface area contributed by atoms with E-state index in [1.807, 2.05) is 0 Å². The molecule has 0 aliphatic carbocycles. The smallest absolute Gasteiger partial charge is 0.259 e. The molecule has 5 nitrogen and oxygen atoms in total. The van der Waals surface area contributed by atoms with Crippen molar-refractivity contribution in [3.05, 3.63) is 58.6 Å². The van der Waals surface area contributed by atoms with Crippen molar-refractivity contribution in [1.29, 1.82) is 0 Å². The third kappa shape index (κ3) is 5.50. The molecule has 0 saturated heterocycles. The lowest BCUT2D eigenvalue weighted by molar-refractivity contribution is 0.1000. The zero-order valence-corrected chi connectivity index (χ0v) is 14.8. The number of hydrogen-bond acceptors (Lipinski definition) is 3. The van der Waals surface area contributed by atoms with E-state index < -0.39 is 5.91 Å². The number of hydrogen-bond donors (Lipinski definition) is 2. The average Bonchev–Trinajstić information content (AvgIpc) is 2.60. The zero-order valence-electron chi connectivity index (χ0n) is 14.0. The van der Waals surface area contributed by atoms with Crippen LogP contribution in [0.5, 0.6) is 5.75 Å². The van der Waals surface area contributed by atoms with Gasteiger partial charge in [0.25, 0.3) is 5.91 Å². The molecule has 6 heteroatoms. The Morgan fingerprint density at radius 3 is 2.48 bits per heavy atom. The molecular weight excluding hydrogens is 340 g/mol. The minimum atomic E-state index is -0.599. The molecule has 2 aromatic rings. The lowest BCUT2D eigenvalue weighted by Gasteiger charge is -2.13. The molecule has 3 N–H and O–H groups in total. The second kappa shape index (κ2) is 9.08. The largest absolute Gasteiger partial charge is 0.493 e. The predicted molar refractivity (Wildman–Crippen MR) is 99.4 cm³/mol.